The van der Waals surface area contributed by atoms with Crippen LogP contribution in [-0.2, 0) is 9.47 Å². The van der Waals surface area contributed by atoms with Gasteiger partial charge in [-0.1, -0.05) is 12.1 Å². The highest BCUT2D eigenvalue weighted by molar-refractivity contribution is 5.70. The standard InChI is InChI=1S/C23H24F4N2O3/c1-29(8-6-23(7-9-29)14-28-22(30)32-23)10-11-31-21(15-2-4-17(24)19(26)12-15)16-3-5-18(25)20(27)13-16/h2-5,12-13,21H,6-11,14H2,1H3/p+1. The van der Waals surface area contributed by atoms with Crippen molar-refractivity contribution in [2.75, 3.05) is 39.8 Å². The Bertz CT molecular complexity index is 957. The fraction of sp³-hybridized carbons (Fsp3) is 0.435. The molecule has 2 saturated heterocycles. The summed E-state index contributed by atoms with van der Waals surface area (Å²) in [5.41, 5.74) is 0.161. The molecule has 0 bridgehead atoms. The number of carbonyl (C=O) groups is 1. The van der Waals surface area contributed by atoms with Crippen molar-refractivity contribution in [3.63, 3.8) is 0 Å². The lowest BCUT2D eigenvalue weighted by Gasteiger charge is -2.43. The van der Waals surface area contributed by atoms with E-state index in [9.17, 15) is 22.4 Å². The number of likely N-dealkylation sites (N-methyl/N-ethyl adjacent to an activating group) is 1. The lowest BCUT2D eigenvalue weighted by Crippen LogP contribution is -2.57. The summed E-state index contributed by atoms with van der Waals surface area (Å²) >= 11 is 0. The third-order valence-corrected chi connectivity index (χ3v) is 6.49. The van der Waals surface area contributed by atoms with Crippen LogP contribution >= 0.6 is 0 Å². The number of quaternary nitrogens is 1. The quantitative estimate of drug-likeness (QED) is 0.530. The third-order valence-electron chi connectivity index (χ3n) is 6.49. The third kappa shape index (κ3) is 4.73. The second-order valence-corrected chi connectivity index (χ2v) is 8.81. The van der Waals surface area contributed by atoms with Crippen molar-refractivity contribution in [2.24, 2.45) is 0 Å². The first kappa shape index (κ1) is 22.5. The molecule has 1 amide bonds. The molecule has 0 saturated carbocycles. The zero-order chi connectivity index (χ0) is 22.9. The van der Waals surface area contributed by atoms with Gasteiger partial charge < -0.3 is 19.3 Å². The number of benzene rings is 2. The molecule has 1 spiro atoms. The Morgan fingerprint density at radius 1 is 1.00 bits per heavy atom. The topological polar surface area (TPSA) is 47.6 Å². The van der Waals surface area contributed by atoms with Crippen molar-refractivity contribution in [1.29, 1.82) is 0 Å². The minimum atomic E-state index is -1.04. The van der Waals surface area contributed by atoms with Gasteiger partial charge in [-0.05, 0) is 35.4 Å². The summed E-state index contributed by atoms with van der Waals surface area (Å²) in [6, 6.07) is 6.71. The van der Waals surface area contributed by atoms with Crippen LogP contribution in [0.15, 0.2) is 36.4 Å². The van der Waals surface area contributed by atoms with Crippen LogP contribution in [0.3, 0.4) is 0 Å². The fourth-order valence-corrected chi connectivity index (χ4v) is 4.32. The minimum absolute atomic E-state index is 0.254. The lowest BCUT2D eigenvalue weighted by molar-refractivity contribution is -0.916. The van der Waals surface area contributed by atoms with Crippen molar-refractivity contribution in [2.45, 2.75) is 24.5 Å². The van der Waals surface area contributed by atoms with Crippen molar-refractivity contribution in [3.05, 3.63) is 70.8 Å². The molecule has 0 atom stereocenters. The maximum absolute atomic E-state index is 13.8. The number of ether oxygens (including phenoxy) is 2. The van der Waals surface area contributed by atoms with Gasteiger partial charge in [-0.15, -0.1) is 0 Å². The molecule has 0 aliphatic carbocycles. The van der Waals surface area contributed by atoms with Gasteiger partial charge in [0, 0.05) is 12.8 Å². The van der Waals surface area contributed by atoms with Crippen molar-refractivity contribution < 1.29 is 36.3 Å². The van der Waals surface area contributed by atoms with Crippen LogP contribution in [0, 0.1) is 23.3 Å². The second-order valence-electron chi connectivity index (χ2n) is 8.81. The number of hydrogen-bond acceptors (Lipinski definition) is 3. The zero-order valence-corrected chi connectivity index (χ0v) is 17.7. The summed E-state index contributed by atoms with van der Waals surface area (Å²) < 4.78 is 66.7. The lowest BCUT2D eigenvalue weighted by atomic mass is 9.90. The monoisotopic (exact) mass is 453 g/mol. The number of carbonyl (C=O) groups excluding carboxylic acids is 1. The molecule has 172 valence electrons. The van der Waals surface area contributed by atoms with Crippen LogP contribution in [-0.4, -0.2) is 56.0 Å². The Morgan fingerprint density at radius 2 is 1.56 bits per heavy atom. The summed E-state index contributed by atoms with van der Waals surface area (Å²) in [7, 11) is 2.07. The van der Waals surface area contributed by atoms with E-state index in [1.54, 1.807) is 0 Å². The maximum Gasteiger partial charge on any atom is 0.407 e. The average molecular weight is 453 g/mol. The first-order valence-electron chi connectivity index (χ1n) is 10.5. The summed E-state index contributed by atoms with van der Waals surface area (Å²) in [6.07, 6.45) is 0.170. The van der Waals surface area contributed by atoms with Crippen LogP contribution in [0.5, 0.6) is 0 Å². The van der Waals surface area contributed by atoms with Crippen molar-refractivity contribution >= 4 is 6.09 Å². The van der Waals surface area contributed by atoms with E-state index < -0.39 is 35.0 Å². The molecule has 2 fully saturated rings. The Morgan fingerprint density at radius 3 is 2.03 bits per heavy atom. The van der Waals surface area contributed by atoms with Crippen LogP contribution < -0.4 is 5.32 Å². The molecule has 0 radical (unpaired) electrons. The highest BCUT2D eigenvalue weighted by Gasteiger charge is 2.47. The molecule has 2 heterocycles. The smallest absolute Gasteiger partial charge is 0.407 e. The largest absolute Gasteiger partial charge is 0.441 e. The van der Waals surface area contributed by atoms with Crippen LogP contribution in [0.4, 0.5) is 22.4 Å². The highest BCUT2D eigenvalue weighted by atomic mass is 19.2. The predicted octanol–water partition coefficient (Wildman–Crippen LogP) is 4.07. The first-order valence-corrected chi connectivity index (χ1v) is 10.5. The molecule has 32 heavy (non-hydrogen) atoms. The number of alkyl carbamates (subject to hydrolysis) is 1. The highest BCUT2D eigenvalue weighted by Crippen LogP contribution is 2.33. The minimum Gasteiger partial charge on any atom is -0.441 e. The van der Waals surface area contributed by atoms with Crippen LogP contribution in [0.25, 0.3) is 0 Å². The van der Waals surface area contributed by atoms with Crippen LogP contribution in [0.2, 0.25) is 0 Å². The van der Waals surface area contributed by atoms with E-state index in [0.717, 1.165) is 50.2 Å². The SMILES string of the molecule is C[N+]1(CCOC(c2ccc(F)c(F)c2)c2ccc(F)c(F)c2)CCC2(CC1)CNC(=O)O2. The van der Waals surface area contributed by atoms with Crippen molar-refractivity contribution in [3.8, 4) is 0 Å². The Balaban J connectivity index is 1.45. The fourth-order valence-electron chi connectivity index (χ4n) is 4.32. The Hall–Kier alpha value is -2.65. The van der Waals surface area contributed by atoms with Gasteiger partial charge in [0.15, 0.2) is 23.3 Å². The number of rotatable bonds is 6. The molecule has 2 aliphatic heterocycles. The Labute approximate surface area is 183 Å². The molecule has 9 heteroatoms. The molecule has 2 aliphatic rings. The van der Waals surface area contributed by atoms with Gasteiger partial charge in [0.2, 0.25) is 0 Å². The molecule has 0 aromatic heterocycles. The van der Waals surface area contributed by atoms with E-state index in [1.165, 1.54) is 12.1 Å². The number of nitrogens with one attached hydrogen (secondary N) is 1. The van der Waals surface area contributed by atoms with E-state index in [-0.39, 0.29) is 12.7 Å². The molecule has 5 nitrogen and oxygen atoms in total. The summed E-state index contributed by atoms with van der Waals surface area (Å²) in [5.74, 6) is -4.09. The molecular weight excluding hydrogens is 428 g/mol. The molecule has 2 aromatic carbocycles. The van der Waals surface area contributed by atoms with Crippen LogP contribution in [0.1, 0.15) is 30.1 Å². The number of likely N-dealkylation sites (tertiary alicyclic amines) is 1. The number of piperidine rings is 1. The first-order chi connectivity index (χ1) is 15.2. The number of nitrogens with zero attached hydrogens (tertiary/aromatic N) is 1. The van der Waals surface area contributed by atoms with Gasteiger partial charge in [0.1, 0.15) is 18.2 Å². The predicted molar refractivity (Wildman–Crippen MR) is 108 cm³/mol. The van der Waals surface area contributed by atoms with Gasteiger partial charge >= 0.3 is 6.09 Å². The molecular formula is C23H25F4N2O3+. The number of hydrogen-bond donors (Lipinski definition) is 1. The summed E-state index contributed by atoms with van der Waals surface area (Å²) in [4.78, 5) is 11.4. The van der Waals surface area contributed by atoms with E-state index in [4.69, 9.17) is 9.47 Å². The molecule has 2 aromatic rings. The molecule has 4 rings (SSSR count). The Kier molecular flexibility index (Phi) is 6.13. The average Bonchev–Trinajstić information content (AvgIpc) is 3.13. The van der Waals surface area contributed by atoms with Gasteiger partial charge in [0.25, 0.3) is 0 Å². The number of halogens is 4. The molecule has 1 N–H and O–H groups in total. The molecule has 0 unspecified atom stereocenters. The van der Waals surface area contributed by atoms with Gasteiger partial charge in [-0.2, -0.15) is 0 Å². The van der Waals surface area contributed by atoms with E-state index in [1.807, 2.05) is 0 Å². The zero-order valence-electron chi connectivity index (χ0n) is 17.7. The summed E-state index contributed by atoms with van der Waals surface area (Å²) in [5, 5.41) is 2.71. The summed E-state index contributed by atoms with van der Waals surface area (Å²) in [6.45, 7) is 2.93. The van der Waals surface area contributed by atoms with Crippen molar-refractivity contribution in [1.82, 2.24) is 5.32 Å². The van der Waals surface area contributed by atoms with Gasteiger partial charge in [0.05, 0.1) is 33.3 Å². The van der Waals surface area contributed by atoms with E-state index in [2.05, 4.69) is 12.4 Å². The van der Waals surface area contributed by atoms with E-state index in [0.29, 0.717) is 28.7 Å². The van der Waals surface area contributed by atoms with E-state index >= 15 is 0 Å². The number of amides is 1. The van der Waals surface area contributed by atoms with Gasteiger partial charge in [-0.3, -0.25) is 0 Å². The van der Waals surface area contributed by atoms with Gasteiger partial charge in [-0.25, -0.2) is 22.4 Å². The second kappa shape index (κ2) is 8.71. The maximum atomic E-state index is 13.8. The normalized spacial score (nSPS) is 25.2.